The van der Waals surface area contributed by atoms with Crippen molar-refractivity contribution in [2.45, 2.75) is 57.9 Å². The lowest BCUT2D eigenvalue weighted by molar-refractivity contribution is -0.157. The first-order valence-corrected chi connectivity index (χ1v) is 14.3. The molecule has 2 amide bonds. The minimum absolute atomic E-state index is 0.0321. The number of nitrogens with one attached hydrogen (secondary N) is 3. The van der Waals surface area contributed by atoms with Crippen molar-refractivity contribution in [3.05, 3.63) is 125 Å². The minimum atomic E-state index is -1.06. The van der Waals surface area contributed by atoms with Gasteiger partial charge in [-0.05, 0) is 37.5 Å². The van der Waals surface area contributed by atoms with Crippen molar-refractivity contribution in [1.82, 2.24) is 20.6 Å². The van der Waals surface area contributed by atoms with Crippen LogP contribution in [0.4, 0.5) is 0 Å². The Morgan fingerprint density at radius 3 is 1.70 bits per heavy atom. The average molecular weight is 597 g/mol. The number of esters is 2. The predicted molar refractivity (Wildman–Crippen MR) is 163 cm³/mol. The molecule has 0 unspecified atom stereocenters. The second-order valence-corrected chi connectivity index (χ2v) is 11.2. The molecular formula is C34H36N4O6. The van der Waals surface area contributed by atoms with Gasteiger partial charge in [0.1, 0.15) is 30.0 Å². The third kappa shape index (κ3) is 9.38. The number of nitrogens with zero attached hydrogens (tertiary/aromatic N) is 1. The molecule has 0 bridgehead atoms. The molecule has 3 N–H and O–H groups in total. The van der Waals surface area contributed by atoms with Crippen LogP contribution in [0.2, 0.25) is 0 Å². The summed E-state index contributed by atoms with van der Waals surface area (Å²) in [5.74, 6) is -2.75. The van der Waals surface area contributed by atoms with Crippen molar-refractivity contribution < 1.29 is 28.7 Å². The Labute approximate surface area is 256 Å². The van der Waals surface area contributed by atoms with E-state index in [1.165, 1.54) is 6.33 Å². The molecule has 10 heteroatoms. The summed E-state index contributed by atoms with van der Waals surface area (Å²) in [5.41, 5.74) is 1.23. The van der Waals surface area contributed by atoms with Crippen LogP contribution in [-0.4, -0.2) is 51.4 Å². The van der Waals surface area contributed by atoms with E-state index < -0.39 is 41.4 Å². The number of aromatic nitrogens is 2. The van der Waals surface area contributed by atoms with Gasteiger partial charge in [0.15, 0.2) is 5.69 Å². The summed E-state index contributed by atoms with van der Waals surface area (Å²) in [5, 5.41) is 5.36. The molecule has 2 atom stereocenters. The molecule has 0 spiro atoms. The molecule has 0 fully saturated rings. The zero-order valence-electron chi connectivity index (χ0n) is 24.9. The van der Waals surface area contributed by atoms with E-state index in [1.54, 1.807) is 20.8 Å². The number of imidazole rings is 1. The van der Waals surface area contributed by atoms with Crippen molar-refractivity contribution in [3.8, 4) is 0 Å². The third-order valence-corrected chi connectivity index (χ3v) is 6.46. The van der Waals surface area contributed by atoms with Gasteiger partial charge in [-0.15, -0.1) is 0 Å². The highest BCUT2D eigenvalue weighted by molar-refractivity contribution is 6.06. The quantitative estimate of drug-likeness (QED) is 0.209. The van der Waals surface area contributed by atoms with Gasteiger partial charge in [0.25, 0.3) is 11.8 Å². The van der Waals surface area contributed by atoms with Gasteiger partial charge >= 0.3 is 11.9 Å². The Hall–Kier alpha value is -5.25. The second-order valence-electron chi connectivity index (χ2n) is 11.2. The predicted octanol–water partition coefficient (Wildman–Crippen LogP) is 4.18. The zero-order valence-corrected chi connectivity index (χ0v) is 24.9. The van der Waals surface area contributed by atoms with Gasteiger partial charge < -0.3 is 25.1 Å². The first kappa shape index (κ1) is 31.7. The smallest absolute Gasteiger partial charge is 0.329 e. The highest BCUT2D eigenvalue weighted by Gasteiger charge is 2.31. The lowest BCUT2D eigenvalue weighted by Gasteiger charge is -2.24. The van der Waals surface area contributed by atoms with Crippen LogP contribution in [0, 0.1) is 0 Å². The maximum absolute atomic E-state index is 13.4. The molecule has 1 heterocycles. The number of carbonyl (C=O) groups is 4. The number of carbonyl (C=O) groups excluding carboxylic acids is 4. The van der Waals surface area contributed by atoms with E-state index >= 15 is 0 Å². The fourth-order valence-corrected chi connectivity index (χ4v) is 4.38. The minimum Gasteiger partial charge on any atom is -0.459 e. The molecule has 0 saturated heterocycles. The zero-order chi connectivity index (χ0) is 31.5. The highest BCUT2D eigenvalue weighted by atomic mass is 16.6. The van der Waals surface area contributed by atoms with Crippen LogP contribution in [0.25, 0.3) is 0 Å². The number of amides is 2. The van der Waals surface area contributed by atoms with Gasteiger partial charge in [-0.25, -0.2) is 14.6 Å². The van der Waals surface area contributed by atoms with Crippen LogP contribution in [-0.2, 0) is 38.5 Å². The number of hydrogen-bond acceptors (Lipinski definition) is 7. The summed E-state index contributed by atoms with van der Waals surface area (Å²) in [6, 6.07) is 25.4. The maximum atomic E-state index is 13.4. The monoisotopic (exact) mass is 596 g/mol. The summed E-state index contributed by atoms with van der Waals surface area (Å²) in [4.78, 5) is 59.8. The van der Waals surface area contributed by atoms with Gasteiger partial charge in [-0.1, -0.05) is 91.0 Å². The molecule has 0 radical (unpaired) electrons. The van der Waals surface area contributed by atoms with Crippen molar-refractivity contribution in [2.75, 3.05) is 0 Å². The van der Waals surface area contributed by atoms with E-state index in [0.717, 1.165) is 16.7 Å². The Balaban J connectivity index is 1.50. The van der Waals surface area contributed by atoms with Gasteiger partial charge in [0.2, 0.25) is 0 Å². The molecule has 0 aliphatic heterocycles. The topological polar surface area (TPSA) is 139 Å². The third-order valence-electron chi connectivity index (χ3n) is 6.46. The first-order valence-electron chi connectivity index (χ1n) is 14.3. The Bertz CT molecular complexity index is 1550. The lowest BCUT2D eigenvalue weighted by atomic mass is 10.0. The van der Waals surface area contributed by atoms with Gasteiger partial charge in [0, 0.05) is 12.8 Å². The number of ether oxygens (including phenoxy) is 2. The van der Waals surface area contributed by atoms with Crippen LogP contribution in [0.3, 0.4) is 0 Å². The normalized spacial score (nSPS) is 12.4. The van der Waals surface area contributed by atoms with E-state index in [-0.39, 0.29) is 30.8 Å². The summed E-state index contributed by atoms with van der Waals surface area (Å²) in [7, 11) is 0. The highest BCUT2D eigenvalue weighted by Crippen LogP contribution is 2.14. The van der Waals surface area contributed by atoms with Crippen molar-refractivity contribution in [3.63, 3.8) is 0 Å². The molecule has 4 rings (SSSR count). The summed E-state index contributed by atoms with van der Waals surface area (Å²) < 4.78 is 11.1. The van der Waals surface area contributed by atoms with Crippen molar-refractivity contribution in [2.24, 2.45) is 0 Å². The lowest BCUT2D eigenvalue weighted by Crippen LogP contribution is -2.47. The number of rotatable bonds is 12. The SMILES string of the molecule is CC(C)(C)OC(=O)[C@H](Cc1ccccc1)NC(=O)c1[nH]cnc1C(=O)N[C@@H](Cc1ccccc1)C(=O)OCc1ccccc1. The molecule has 3 aromatic carbocycles. The molecule has 10 nitrogen and oxygen atoms in total. The molecule has 1 aromatic heterocycles. The molecule has 4 aromatic rings. The van der Waals surface area contributed by atoms with Gasteiger partial charge in [0.05, 0.1) is 6.33 Å². The molecule has 0 aliphatic rings. The number of hydrogen-bond donors (Lipinski definition) is 3. The standard InChI is InChI=1S/C34H36N4O6/c1-34(2,3)44-33(42)27(20-24-15-9-5-10-16-24)38-31(40)29-28(35-22-36-29)30(39)37-26(19-23-13-7-4-8-14-23)32(41)43-21-25-17-11-6-12-18-25/h4-18,22,26-27H,19-21H2,1-3H3,(H,35,36)(H,37,39)(H,38,40)/t26-,27-/m0/s1. The number of aromatic amines is 1. The largest absolute Gasteiger partial charge is 0.459 e. The van der Waals surface area contributed by atoms with Crippen LogP contribution < -0.4 is 10.6 Å². The van der Waals surface area contributed by atoms with Crippen molar-refractivity contribution in [1.29, 1.82) is 0 Å². The maximum Gasteiger partial charge on any atom is 0.329 e. The van der Waals surface area contributed by atoms with Crippen LogP contribution in [0.15, 0.2) is 97.3 Å². The van der Waals surface area contributed by atoms with Crippen LogP contribution in [0.1, 0.15) is 58.4 Å². The first-order chi connectivity index (χ1) is 21.1. The van der Waals surface area contributed by atoms with Gasteiger partial charge in [-0.3, -0.25) is 9.59 Å². The summed E-state index contributed by atoms with van der Waals surface area (Å²) >= 11 is 0. The molecular weight excluding hydrogens is 560 g/mol. The van der Waals surface area contributed by atoms with E-state index in [2.05, 4.69) is 20.6 Å². The van der Waals surface area contributed by atoms with Gasteiger partial charge in [-0.2, -0.15) is 0 Å². The van der Waals surface area contributed by atoms with Crippen LogP contribution in [0.5, 0.6) is 0 Å². The summed E-state index contributed by atoms with van der Waals surface area (Å²) in [6.45, 7) is 5.24. The number of benzene rings is 3. The molecule has 0 saturated carbocycles. The fourth-order valence-electron chi connectivity index (χ4n) is 4.38. The van der Waals surface area contributed by atoms with E-state index in [9.17, 15) is 19.2 Å². The van der Waals surface area contributed by atoms with E-state index in [0.29, 0.717) is 0 Å². The van der Waals surface area contributed by atoms with E-state index in [4.69, 9.17) is 9.47 Å². The Morgan fingerprint density at radius 1 is 0.705 bits per heavy atom. The number of H-pyrrole nitrogens is 1. The summed E-state index contributed by atoms with van der Waals surface area (Å²) in [6.07, 6.45) is 1.52. The van der Waals surface area contributed by atoms with E-state index in [1.807, 2.05) is 91.0 Å². The van der Waals surface area contributed by atoms with Crippen molar-refractivity contribution >= 4 is 23.8 Å². The Kier molecular flexibility index (Phi) is 10.6. The molecule has 44 heavy (non-hydrogen) atoms. The Morgan fingerprint density at radius 2 is 1.18 bits per heavy atom. The van der Waals surface area contributed by atoms with Crippen LogP contribution >= 0.6 is 0 Å². The fraction of sp³-hybridized carbons (Fsp3) is 0.265. The molecule has 228 valence electrons. The average Bonchev–Trinajstić information content (AvgIpc) is 3.50. The second kappa shape index (κ2) is 14.8. The molecule has 0 aliphatic carbocycles.